The molecule has 1 amide bonds. The number of anilines is 2. The highest BCUT2D eigenvalue weighted by Crippen LogP contribution is 2.38. The van der Waals surface area contributed by atoms with Crippen molar-refractivity contribution in [3.63, 3.8) is 0 Å². The highest BCUT2D eigenvalue weighted by atomic mass is 35.5. The fourth-order valence-corrected chi connectivity index (χ4v) is 4.49. The summed E-state index contributed by atoms with van der Waals surface area (Å²) in [6.07, 6.45) is 0.772. The minimum atomic E-state index is -3.64. The van der Waals surface area contributed by atoms with E-state index in [9.17, 15) is 13.2 Å². The normalized spacial score (nSPS) is 16.0. The predicted octanol–water partition coefficient (Wildman–Crippen LogP) is 4.44. The molecule has 1 aliphatic rings. The van der Waals surface area contributed by atoms with Gasteiger partial charge in [-0.2, -0.15) is 0 Å². The lowest BCUT2D eigenvalue weighted by molar-refractivity contribution is -0.127. The number of amides is 1. The molecule has 0 aromatic heterocycles. The number of carbonyl (C=O) groups is 1. The molecule has 3 rings (SSSR count). The van der Waals surface area contributed by atoms with Crippen LogP contribution >= 0.6 is 11.6 Å². The topological polar surface area (TPSA) is 75.7 Å². The van der Waals surface area contributed by atoms with E-state index in [1.165, 1.54) is 0 Å². The van der Waals surface area contributed by atoms with Gasteiger partial charge in [0.1, 0.15) is 12.4 Å². The lowest BCUT2D eigenvalue weighted by Crippen LogP contribution is -2.42. The maximum atomic E-state index is 13.0. The van der Waals surface area contributed by atoms with Crippen LogP contribution in [0.3, 0.4) is 0 Å². The SMILES string of the molecule is CCCN1C(=O)C(C)(C)COc2ccc(NS(=O)(=O)Cc3ccc(Cl)cc3)cc21. The first-order valence-electron chi connectivity index (χ1n) is 9.45. The van der Waals surface area contributed by atoms with Crippen LogP contribution in [0.4, 0.5) is 11.4 Å². The second-order valence-corrected chi connectivity index (χ2v) is 9.96. The molecule has 0 radical (unpaired) electrons. The zero-order valence-corrected chi connectivity index (χ0v) is 18.3. The van der Waals surface area contributed by atoms with Crippen molar-refractivity contribution in [1.82, 2.24) is 0 Å². The fraction of sp³-hybridized carbons (Fsp3) is 0.381. The van der Waals surface area contributed by atoms with E-state index >= 15 is 0 Å². The van der Waals surface area contributed by atoms with E-state index in [0.29, 0.717) is 34.3 Å². The summed E-state index contributed by atoms with van der Waals surface area (Å²) < 4.78 is 33.7. The Morgan fingerprint density at radius 3 is 2.52 bits per heavy atom. The van der Waals surface area contributed by atoms with Crippen molar-refractivity contribution in [2.24, 2.45) is 5.41 Å². The third-order valence-corrected chi connectivity index (χ3v) is 6.16. The van der Waals surface area contributed by atoms with E-state index in [-0.39, 0.29) is 18.3 Å². The minimum Gasteiger partial charge on any atom is -0.490 e. The Balaban J connectivity index is 1.88. The lowest BCUT2D eigenvalue weighted by atomic mass is 9.93. The molecule has 2 aromatic rings. The third kappa shape index (κ3) is 5.03. The van der Waals surface area contributed by atoms with Crippen LogP contribution in [0.5, 0.6) is 5.75 Å². The van der Waals surface area contributed by atoms with Crippen molar-refractivity contribution in [3.8, 4) is 5.75 Å². The fourth-order valence-electron chi connectivity index (χ4n) is 3.17. The Labute approximate surface area is 176 Å². The molecule has 0 saturated carbocycles. The number of hydrogen-bond acceptors (Lipinski definition) is 4. The van der Waals surface area contributed by atoms with E-state index in [0.717, 1.165) is 6.42 Å². The number of rotatable bonds is 6. The van der Waals surface area contributed by atoms with E-state index in [1.807, 2.05) is 20.8 Å². The number of benzene rings is 2. The van der Waals surface area contributed by atoms with Gasteiger partial charge in [-0.1, -0.05) is 30.7 Å². The van der Waals surface area contributed by atoms with Crippen LogP contribution in [0, 0.1) is 5.41 Å². The van der Waals surface area contributed by atoms with Gasteiger partial charge in [-0.05, 0) is 56.2 Å². The molecule has 0 bridgehead atoms. The molecule has 29 heavy (non-hydrogen) atoms. The van der Waals surface area contributed by atoms with Gasteiger partial charge in [0, 0.05) is 11.6 Å². The smallest absolute Gasteiger partial charge is 0.236 e. The summed E-state index contributed by atoms with van der Waals surface area (Å²) >= 11 is 5.86. The summed E-state index contributed by atoms with van der Waals surface area (Å²) in [6.45, 7) is 6.48. The number of sulfonamides is 1. The molecule has 0 aliphatic carbocycles. The van der Waals surface area contributed by atoms with E-state index < -0.39 is 15.4 Å². The zero-order valence-electron chi connectivity index (χ0n) is 16.7. The maximum Gasteiger partial charge on any atom is 0.236 e. The van der Waals surface area contributed by atoms with Gasteiger partial charge < -0.3 is 9.64 Å². The first kappa shape index (κ1) is 21.5. The van der Waals surface area contributed by atoms with Crippen LogP contribution in [0.15, 0.2) is 42.5 Å². The van der Waals surface area contributed by atoms with Crippen LogP contribution in [0.1, 0.15) is 32.8 Å². The molecule has 1 aliphatic heterocycles. The Kier molecular flexibility index (Phi) is 6.10. The number of fused-ring (bicyclic) bond motifs is 1. The number of nitrogens with one attached hydrogen (secondary N) is 1. The van der Waals surface area contributed by atoms with Crippen LogP contribution in [0.25, 0.3) is 0 Å². The van der Waals surface area contributed by atoms with E-state index in [2.05, 4.69) is 4.72 Å². The van der Waals surface area contributed by atoms with Crippen molar-refractivity contribution in [3.05, 3.63) is 53.1 Å². The average molecular weight is 437 g/mol. The quantitative estimate of drug-likeness (QED) is 0.726. The lowest BCUT2D eigenvalue weighted by Gasteiger charge is -2.28. The van der Waals surface area contributed by atoms with E-state index in [4.69, 9.17) is 16.3 Å². The van der Waals surface area contributed by atoms with Crippen LogP contribution < -0.4 is 14.4 Å². The highest BCUT2D eigenvalue weighted by molar-refractivity contribution is 7.91. The first-order valence-corrected chi connectivity index (χ1v) is 11.5. The second kappa shape index (κ2) is 8.24. The van der Waals surface area contributed by atoms with Gasteiger partial charge in [0.25, 0.3) is 0 Å². The van der Waals surface area contributed by atoms with Crippen molar-refractivity contribution in [2.45, 2.75) is 32.9 Å². The molecule has 0 fully saturated rings. The number of hydrogen-bond donors (Lipinski definition) is 1. The van der Waals surface area contributed by atoms with Crippen molar-refractivity contribution < 1.29 is 17.9 Å². The molecule has 0 spiro atoms. The Bertz CT molecular complexity index is 1000. The van der Waals surface area contributed by atoms with Gasteiger partial charge >= 0.3 is 0 Å². The maximum absolute atomic E-state index is 13.0. The third-order valence-electron chi connectivity index (χ3n) is 4.65. The molecule has 0 unspecified atom stereocenters. The summed E-state index contributed by atoms with van der Waals surface area (Å²) in [5.41, 5.74) is 0.927. The molecular weight excluding hydrogens is 412 g/mol. The monoisotopic (exact) mass is 436 g/mol. The van der Waals surface area contributed by atoms with E-state index in [1.54, 1.807) is 47.4 Å². The highest BCUT2D eigenvalue weighted by Gasteiger charge is 2.37. The average Bonchev–Trinajstić information content (AvgIpc) is 2.74. The molecule has 0 saturated heterocycles. The molecule has 2 aromatic carbocycles. The summed E-state index contributed by atoms with van der Waals surface area (Å²) in [7, 11) is -3.64. The van der Waals surface area contributed by atoms with Crippen molar-refractivity contribution in [1.29, 1.82) is 0 Å². The van der Waals surface area contributed by atoms with Crippen molar-refractivity contribution in [2.75, 3.05) is 22.8 Å². The molecular formula is C21H25ClN2O4S. The predicted molar refractivity (Wildman–Crippen MR) is 116 cm³/mol. The van der Waals surface area contributed by atoms with Crippen molar-refractivity contribution >= 4 is 38.9 Å². The van der Waals surface area contributed by atoms with Gasteiger partial charge in [-0.25, -0.2) is 8.42 Å². The van der Waals surface area contributed by atoms with Gasteiger partial charge in [-0.15, -0.1) is 0 Å². The number of nitrogens with zero attached hydrogens (tertiary/aromatic N) is 1. The zero-order chi connectivity index (χ0) is 21.2. The molecule has 1 heterocycles. The Morgan fingerprint density at radius 1 is 1.17 bits per heavy atom. The van der Waals surface area contributed by atoms with Crippen LogP contribution in [-0.2, 0) is 20.6 Å². The number of ether oxygens (including phenoxy) is 1. The Hall–Kier alpha value is -2.25. The summed E-state index contributed by atoms with van der Waals surface area (Å²) in [6, 6.07) is 11.7. The van der Waals surface area contributed by atoms with Gasteiger partial charge in [0.15, 0.2) is 0 Å². The molecule has 0 atom stereocenters. The first-order chi connectivity index (χ1) is 13.6. The van der Waals surface area contributed by atoms with Crippen LogP contribution in [0.2, 0.25) is 5.02 Å². The number of carbonyl (C=O) groups excluding carboxylic acids is 1. The Morgan fingerprint density at radius 2 is 1.86 bits per heavy atom. The largest absolute Gasteiger partial charge is 0.490 e. The molecule has 156 valence electrons. The molecule has 8 heteroatoms. The van der Waals surface area contributed by atoms with Gasteiger partial charge in [0.05, 0.1) is 22.5 Å². The summed E-state index contributed by atoms with van der Waals surface area (Å²) in [4.78, 5) is 14.7. The minimum absolute atomic E-state index is 0.0423. The molecule has 1 N–H and O–H groups in total. The van der Waals surface area contributed by atoms with Gasteiger partial charge in [0.2, 0.25) is 15.9 Å². The second-order valence-electron chi connectivity index (χ2n) is 7.80. The summed E-state index contributed by atoms with van der Waals surface area (Å²) in [5.74, 6) is 0.347. The standard InChI is InChI=1S/C21H25ClN2O4S/c1-4-11-24-18-12-17(9-10-19(18)28-14-21(2,3)20(24)25)23-29(26,27)13-15-5-7-16(22)8-6-15/h5-10,12,23H,4,11,13-14H2,1-3H3. The molecule has 6 nitrogen and oxygen atoms in total. The van der Waals surface area contributed by atoms with Crippen LogP contribution in [-0.4, -0.2) is 27.5 Å². The summed E-state index contributed by atoms with van der Waals surface area (Å²) in [5, 5.41) is 0.550. The van der Waals surface area contributed by atoms with Gasteiger partial charge in [-0.3, -0.25) is 9.52 Å². The number of halogens is 1.